The van der Waals surface area contributed by atoms with Gasteiger partial charge >= 0.3 is 6.18 Å². The van der Waals surface area contributed by atoms with Gasteiger partial charge in [-0.15, -0.1) is 0 Å². The van der Waals surface area contributed by atoms with Crippen molar-refractivity contribution in [2.45, 2.75) is 12.2 Å². The molecule has 10 heteroatoms. The van der Waals surface area contributed by atoms with Crippen molar-refractivity contribution in [1.82, 2.24) is 15.6 Å². The molecule has 1 amide bonds. The molecule has 0 saturated carbocycles. The molecule has 1 aromatic rings. The molecule has 6 nitrogen and oxygen atoms in total. The van der Waals surface area contributed by atoms with E-state index in [2.05, 4.69) is 15.6 Å². The molecule has 23 heavy (non-hydrogen) atoms. The lowest BCUT2D eigenvalue weighted by molar-refractivity contribution is -0.137. The Balaban J connectivity index is 1.77. The van der Waals surface area contributed by atoms with E-state index in [1.807, 2.05) is 0 Å². The Labute approximate surface area is 135 Å². The highest BCUT2D eigenvalue weighted by Gasteiger charge is 2.31. The quantitative estimate of drug-likeness (QED) is 0.779. The average molecular weight is 354 g/mol. The number of halogens is 4. The van der Waals surface area contributed by atoms with E-state index in [9.17, 15) is 18.0 Å². The first-order valence-corrected chi connectivity index (χ1v) is 7.20. The summed E-state index contributed by atoms with van der Waals surface area (Å²) in [5.41, 5.74) is -0.952. The van der Waals surface area contributed by atoms with Crippen LogP contribution in [0, 0.1) is 0 Å². The number of amides is 1. The van der Waals surface area contributed by atoms with E-state index >= 15 is 0 Å². The van der Waals surface area contributed by atoms with Crippen molar-refractivity contribution in [2.75, 3.05) is 32.9 Å². The number of pyridine rings is 1. The molecule has 1 saturated heterocycles. The van der Waals surface area contributed by atoms with Gasteiger partial charge in [0.25, 0.3) is 0 Å². The first-order valence-electron chi connectivity index (χ1n) is 6.82. The van der Waals surface area contributed by atoms with E-state index in [1.54, 1.807) is 0 Å². The van der Waals surface area contributed by atoms with Crippen molar-refractivity contribution in [3.05, 3.63) is 22.8 Å². The number of nitrogens with zero attached hydrogens (tertiary/aromatic N) is 1. The minimum absolute atomic E-state index is 0.0252. The van der Waals surface area contributed by atoms with Crippen LogP contribution in [-0.4, -0.2) is 49.8 Å². The molecule has 0 radical (unpaired) electrons. The Kier molecular flexibility index (Phi) is 6.03. The minimum Gasteiger partial charge on any atom is -0.475 e. The van der Waals surface area contributed by atoms with Gasteiger partial charge < -0.3 is 20.1 Å². The third kappa shape index (κ3) is 5.22. The molecule has 0 bridgehead atoms. The lowest BCUT2D eigenvalue weighted by Crippen LogP contribution is -2.51. The predicted octanol–water partition coefficient (Wildman–Crippen LogP) is 1.24. The molecule has 2 rings (SSSR count). The molecular formula is C13H15ClF3N3O3. The first-order chi connectivity index (χ1) is 10.9. The maximum absolute atomic E-state index is 12.5. The zero-order valence-corrected chi connectivity index (χ0v) is 12.7. The molecule has 0 aliphatic carbocycles. The van der Waals surface area contributed by atoms with Crippen LogP contribution in [0.15, 0.2) is 12.3 Å². The Bertz CT molecular complexity index is 551. The van der Waals surface area contributed by atoms with E-state index in [0.717, 1.165) is 6.07 Å². The molecular weight excluding hydrogens is 339 g/mol. The van der Waals surface area contributed by atoms with Crippen LogP contribution in [-0.2, 0) is 15.7 Å². The normalized spacial score (nSPS) is 18.5. The Morgan fingerprint density at radius 3 is 2.96 bits per heavy atom. The summed E-state index contributed by atoms with van der Waals surface area (Å²) in [6.45, 7) is 1.64. The Hall–Kier alpha value is -1.58. The molecule has 1 fully saturated rings. The number of alkyl halides is 3. The monoisotopic (exact) mass is 353 g/mol. The highest BCUT2D eigenvalue weighted by molar-refractivity contribution is 6.31. The first kappa shape index (κ1) is 17.8. The van der Waals surface area contributed by atoms with Crippen LogP contribution in [0.2, 0.25) is 5.02 Å². The highest BCUT2D eigenvalue weighted by Crippen LogP contribution is 2.32. The molecule has 1 aromatic heterocycles. The predicted molar refractivity (Wildman–Crippen MR) is 75.4 cm³/mol. The average Bonchev–Trinajstić information content (AvgIpc) is 2.52. The highest BCUT2D eigenvalue weighted by atomic mass is 35.5. The van der Waals surface area contributed by atoms with E-state index in [1.165, 1.54) is 0 Å². The maximum Gasteiger partial charge on any atom is 0.417 e. The Morgan fingerprint density at radius 2 is 2.35 bits per heavy atom. The second kappa shape index (κ2) is 7.80. The van der Waals surface area contributed by atoms with Gasteiger partial charge in [0, 0.05) is 12.7 Å². The molecule has 1 aliphatic heterocycles. The summed E-state index contributed by atoms with van der Waals surface area (Å²) < 4.78 is 47.7. The summed E-state index contributed by atoms with van der Waals surface area (Å²) >= 11 is 5.70. The van der Waals surface area contributed by atoms with Crippen LogP contribution >= 0.6 is 11.6 Å². The zero-order chi connectivity index (χ0) is 16.9. The van der Waals surface area contributed by atoms with Gasteiger partial charge in [-0.25, -0.2) is 4.98 Å². The topological polar surface area (TPSA) is 72.5 Å². The van der Waals surface area contributed by atoms with Crippen LogP contribution in [0.25, 0.3) is 0 Å². The van der Waals surface area contributed by atoms with Crippen LogP contribution in [0.3, 0.4) is 0 Å². The molecule has 0 spiro atoms. The molecule has 0 aromatic carbocycles. The summed E-state index contributed by atoms with van der Waals surface area (Å²) in [5, 5.41) is 5.37. The number of morpholine rings is 1. The fraction of sp³-hybridized carbons (Fsp3) is 0.538. The van der Waals surface area contributed by atoms with Gasteiger partial charge in [0.2, 0.25) is 11.8 Å². The van der Waals surface area contributed by atoms with E-state index in [4.69, 9.17) is 21.1 Å². The van der Waals surface area contributed by atoms with Gasteiger partial charge in [-0.05, 0) is 6.07 Å². The summed E-state index contributed by atoms with van der Waals surface area (Å²) in [6.07, 6.45) is -3.87. The lowest BCUT2D eigenvalue weighted by atomic mass is 10.2. The van der Waals surface area contributed by atoms with Crippen molar-refractivity contribution in [2.24, 2.45) is 0 Å². The number of carbonyl (C=O) groups excluding carboxylic acids is 1. The van der Waals surface area contributed by atoms with Crippen LogP contribution in [0.1, 0.15) is 5.56 Å². The molecule has 1 atom stereocenters. The smallest absolute Gasteiger partial charge is 0.417 e. The van der Waals surface area contributed by atoms with Gasteiger partial charge in [0.1, 0.15) is 17.7 Å². The van der Waals surface area contributed by atoms with Gasteiger partial charge in [-0.1, -0.05) is 11.6 Å². The second-order valence-electron chi connectivity index (χ2n) is 4.73. The van der Waals surface area contributed by atoms with Crippen molar-refractivity contribution in [3.8, 4) is 5.88 Å². The van der Waals surface area contributed by atoms with Gasteiger partial charge in [-0.3, -0.25) is 4.79 Å². The largest absolute Gasteiger partial charge is 0.475 e. The summed E-state index contributed by atoms with van der Waals surface area (Å²) in [5.74, 6) is -0.354. The molecule has 128 valence electrons. The number of hydrogen-bond donors (Lipinski definition) is 2. The second-order valence-corrected chi connectivity index (χ2v) is 5.14. The molecule has 1 aliphatic rings. The molecule has 2 N–H and O–H groups in total. The Morgan fingerprint density at radius 1 is 1.57 bits per heavy atom. The SMILES string of the molecule is O=C(NCCOc1ncc(C(F)(F)F)cc1Cl)[C@@H]1COCCN1. The fourth-order valence-corrected chi connectivity index (χ4v) is 2.09. The van der Waals surface area contributed by atoms with E-state index < -0.39 is 17.8 Å². The summed E-state index contributed by atoms with van der Waals surface area (Å²) in [6, 6.07) is 0.322. The van der Waals surface area contributed by atoms with E-state index in [-0.39, 0.29) is 30.0 Å². The standard InChI is InChI=1S/C13H15ClF3N3O3/c14-9-5-8(13(15,16)17)6-20-12(9)23-4-2-19-11(21)10-7-22-3-1-18-10/h5-6,10,18H,1-4,7H2,(H,19,21)/t10-/m0/s1. The van der Waals surface area contributed by atoms with Crippen LogP contribution < -0.4 is 15.4 Å². The fourth-order valence-electron chi connectivity index (χ4n) is 1.87. The number of rotatable bonds is 5. The molecule has 2 heterocycles. The van der Waals surface area contributed by atoms with Crippen molar-refractivity contribution in [3.63, 3.8) is 0 Å². The molecule has 0 unspecified atom stereocenters. The van der Waals surface area contributed by atoms with Gasteiger partial charge in [0.05, 0.1) is 25.3 Å². The van der Waals surface area contributed by atoms with Crippen molar-refractivity contribution < 1.29 is 27.4 Å². The number of aromatic nitrogens is 1. The summed E-state index contributed by atoms with van der Waals surface area (Å²) in [4.78, 5) is 15.3. The maximum atomic E-state index is 12.5. The van der Waals surface area contributed by atoms with E-state index in [0.29, 0.717) is 26.0 Å². The number of nitrogens with one attached hydrogen (secondary N) is 2. The van der Waals surface area contributed by atoms with Crippen molar-refractivity contribution in [1.29, 1.82) is 0 Å². The number of carbonyl (C=O) groups is 1. The van der Waals surface area contributed by atoms with Crippen LogP contribution in [0.4, 0.5) is 13.2 Å². The third-order valence-electron chi connectivity index (χ3n) is 3.01. The van der Waals surface area contributed by atoms with Crippen molar-refractivity contribution >= 4 is 17.5 Å². The third-order valence-corrected chi connectivity index (χ3v) is 3.28. The lowest BCUT2D eigenvalue weighted by Gasteiger charge is -2.22. The van der Waals surface area contributed by atoms with Gasteiger partial charge in [-0.2, -0.15) is 13.2 Å². The summed E-state index contributed by atoms with van der Waals surface area (Å²) in [7, 11) is 0. The zero-order valence-electron chi connectivity index (χ0n) is 12.0. The number of hydrogen-bond acceptors (Lipinski definition) is 5. The van der Waals surface area contributed by atoms with Gasteiger partial charge in [0.15, 0.2) is 0 Å². The van der Waals surface area contributed by atoms with Crippen LogP contribution in [0.5, 0.6) is 5.88 Å². The minimum atomic E-state index is -4.52. The number of ether oxygens (including phenoxy) is 2.